The Hall–Kier alpha value is -7.34. The molecule has 0 unspecified atom stereocenters. The maximum atomic E-state index is 7.13. The van der Waals surface area contributed by atoms with Crippen molar-refractivity contribution in [2.45, 2.75) is 0 Å². The van der Waals surface area contributed by atoms with Crippen LogP contribution in [0, 0.1) is 0 Å². The van der Waals surface area contributed by atoms with Crippen LogP contribution in [0.4, 0.5) is 0 Å². The van der Waals surface area contributed by atoms with Crippen molar-refractivity contribution < 1.29 is 9.47 Å². The van der Waals surface area contributed by atoms with Crippen molar-refractivity contribution in [2.24, 2.45) is 0 Å². The number of nitrogens with zero attached hydrogens (tertiary/aromatic N) is 2. The Morgan fingerprint density at radius 1 is 0.467 bits per heavy atom. The van der Waals surface area contributed by atoms with E-state index in [-0.39, 0.29) is 13.4 Å². The molecule has 0 fully saturated rings. The number of benzene rings is 8. The van der Waals surface area contributed by atoms with Crippen molar-refractivity contribution in [3.8, 4) is 39.9 Å². The third kappa shape index (κ3) is 4.90. The van der Waals surface area contributed by atoms with Gasteiger partial charge in [-0.3, -0.25) is 4.57 Å². The Kier molecular flexibility index (Phi) is 7.33. The molecular formula is C53H32B2N2O2S. The standard InChI is InChI=1S/C53H32B2N2O2S/c1-2-14-33(15-3-1)35-16-4-7-19-40(35)55-42-21-9-11-23-46(42)58-48-29-27-43-51(50(48)55)59-47-24-12-8-20-41(47)54(43)34-26-28-45-39(32-34)36-17-5-10-22-44(36)57(45)53-52-38(30-31-56-53)37-18-6-13-25-49(37)60-52/h1-32H. The fourth-order valence-corrected chi connectivity index (χ4v) is 11.2. The summed E-state index contributed by atoms with van der Waals surface area (Å²) in [6, 6.07) is 67.4. The molecule has 8 aromatic carbocycles. The van der Waals surface area contributed by atoms with Crippen LogP contribution >= 0.6 is 11.3 Å². The summed E-state index contributed by atoms with van der Waals surface area (Å²) in [5.74, 6) is 4.37. The van der Waals surface area contributed by atoms with E-state index in [1.165, 1.54) is 53.0 Å². The summed E-state index contributed by atoms with van der Waals surface area (Å²) in [6.45, 7) is -0.222. The van der Waals surface area contributed by atoms with E-state index in [0.717, 1.165) is 61.7 Å². The zero-order chi connectivity index (χ0) is 39.3. The lowest BCUT2D eigenvalue weighted by atomic mass is 9.31. The van der Waals surface area contributed by atoms with E-state index in [1.807, 2.05) is 17.5 Å². The van der Waals surface area contributed by atoms with E-state index in [9.17, 15) is 0 Å². The van der Waals surface area contributed by atoms with Crippen molar-refractivity contribution in [3.05, 3.63) is 194 Å². The molecule has 5 heterocycles. The van der Waals surface area contributed by atoms with E-state index in [0.29, 0.717) is 0 Å². The predicted molar refractivity (Wildman–Crippen MR) is 252 cm³/mol. The molecule has 0 bridgehead atoms. The van der Waals surface area contributed by atoms with Crippen LogP contribution in [-0.2, 0) is 0 Å². The first kappa shape index (κ1) is 33.6. The van der Waals surface area contributed by atoms with Crippen molar-refractivity contribution in [1.82, 2.24) is 9.55 Å². The monoisotopic (exact) mass is 782 g/mol. The van der Waals surface area contributed by atoms with Gasteiger partial charge in [-0.15, -0.1) is 11.3 Å². The van der Waals surface area contributed by atoms with Gasteiger partial charge in [0, 0.05) is 37.9 Å². The molecule has 0 N–H and O–H groups in total. The highest BCUT2D eigenvalue weighted by Gasteiger charge is 2.42. The molecule has 7 heteroatoms. The molecule has 60 heavy (non-hydrogen) atoms. The summed E-state index contributed by atoms with van der Waals surface area (Å²) in [5.41, 5.74) is 11.5. The Balaban J connectivity index is 1.04. The molecule has 2 aliphatic heterocycles. The van der Waals surface area contributed by atoms with E-state index in [1.54, 1.807) is 0 Å². The maximum Gasteiger partial charge on any atom is 0.256 e. The second kappa shape index (κ2) is 13.1. The van der Waals surface area contributed by atoms with Crippen molar-refractivity contribution in [3.63, 3.8) is 0 Å². The van der Waals surface area contributed by atoms with Crippen molar-refractivity contribution in [1.29, 1.82) is 0 Å². The van der Waals surface area contributed by atoms with Crippen LogP contribution in [-0.4, -0.2) is 23.0 Å². The lowest BCUT2D eigenvalue weighted by molar-refractivity contribution is 0.469. The lowest BCUT2D eigenvalue weighted by Gasteiger charge is -2.34. The Bertz CT molecular complexity index is 3540. The van der Waals surface area contributed by atoms with Crippen molar-refractivity contribution >= 4 is 99.5 Å². The number of hydrogen-bond acceptors (Lipinski definition) is 4. The largest absolute Gasteiger partial charge is 0.459 e. The summed E-state index contributed by atoms with van der Waals surface area (Å²) in [5, 5.41) is 4.89. The molecule has 0 radical (unpaired) electrons. The highest BCUT2D eigenvalue weighted by atomic mass is 32.1. The van der Waals surface area contributed by atoms with Crippen LogP contribution in [0.15, 0.2) is 194 Å². The first-order valence-electron chi connectivity index (χ1n) is 20.4. The number of para-hydroxylation sites is 3. The van der Waals surface area contributed by atoms with Gasteiger partial charge < -0.3 is 9.47 Å². The second-order valence-corrected chi connectivity index (χ2v) is 16.8. The van der Waals surface area contributed by atoms with E-state index >= 15 is 0 Å². The fourth-order valence-electron chi connectivity index (χ4n) is 9.98. The Labute approximate surface area is 351 Å². The summed E-state index contributed by atoms with van der Waals surface area (Å²) in [6.07, 6.45) is 1.95. The van der Waals surface area contributed by atoms with Crippen LogP contribution in [0.1, 0.15) is 0 Å². The fraction of sp³-hybridized carbons (Fsp3) is 0. The quantitative estimate of drug-likeness (QED) is 0.167. The molecule has 0 aliphatic carbocycles. The van der Waals surface area contributed by atoms with Gasteiger partial charge in [0.25, 0.3) is 13.4 Å². The molecule has 2 aliphatic rings. The number of hydrogen-bond donors (Lipinski definition) is 0. The molecule has 13 rings (SSSR count). The number of thiophene rings is 1. The van der Waals surface area contributed by atoms with Crippen LogP contribution in [0.5, 0.6) is 23.0 Å². The molecule has 0 amide bonds. The van der Waals surface area contributed by atoms with Gasteiger partial charge in [-0.25, -0.2) is 4.98 Å². The minimum atomic E-state index is -0.133. The topological polar surface area (TPSA) is 36.3 Å². The first-order chi connectivity index (χ1) is 29.8. The number of pyridine rings is 1. The van der Waals surface area contributed by atoms with Crippen LogP contribution < -0.4 is 42.3 Å². The van der Waals surface area contributed by atoms with Gasteiger partial charge in [0.15, 0.2) is 5.82 Å². The average molecular weight is 783 g/mol. The summed E-state index contributed by atoms with van der Waals surface area (Å²) in [4.78, 5) is 5.08. The highest BCUT2D eigenvalue weighted by Crippen LogP contribution is 2.40. The molecule has 4 nitrogen and oxygen atoms in total. The van der Waals surface area contributed by atoms with Crippen molar-refractivity contribution in [2.75, 3.05) is 0 Å². The minimum Gasteiger partial charge on any atom is -0.459 e. The van der Waals surface area contributed by atoms with Crippen LogP contribution in [0.25, 0.3) is 58.9 Å². The molecule has 0 saturated carbocycles. The van der Waals surface area contributed by atoms with Gasteiger partial charge in [0.05, 0.1) is 15.7 Å². The smallest absolute Gasteiger partial charge is 0.256 e. The zero-order valence-corrected chi connectivity index (χ0v) is 33.1. The van der Waals surface area contributed by atoms with Crippen LogP contribution in [0.3, 0.4) is 0 Å². The van der Waals surface area contributed by atoms with E-state index in [2.05, 4.69) is 193 Å². The highest BCUT2D eigenvalue weighted by molar-refractivity contribution is 7.26. The summed E-state index contributed by atoms with van der Waals surface area (Å²) < 4.78 is 18.7. The minimum absolute atomic E-state index is 0.0897. The molecule has 0 spiro atoms. The zero-order valence-electron chi connectivity index (χ0n) is 32.2. The third-order valence-corrected chi connectivity index (χ3v) is 13.7. The Morgan fingerprint density at radius 3 is 2.02 bits per heavy atom. The molecule has 0 atom stereocenters. The van der Waals surface area contributed by atoms with Gasteiger partial charge in [-0.1, -0.05) is 157 Å². The summed E-state index contributed by atoms with van der Waals surface area (Å²) >= 11 is 1.81. The molecular weight excluding hydrogens is 750 g/mol. The van der Waals surface area contributed by atoms with Gasteiger partial charge in [-0.05, 0) is 70.0 Å². The molecule has 3 aromatic heterocycles. The third-order valence-electron chi connectivity index (χ3n) is 12.6. The molecule has 11 aromatic rings. The first-order valence-corrected chi connectivity index (χ1v) is 21.2. The average Bonchev–Trinajstić information content (AvgIpc) is 3.86. The number of rotatable bonds is 4. The van der Waals surface area contributed by atoms with E-state index < -0.39 is 0 Å². The van der Waals surface area contributed by atoms with Gasteiger partial charge in [0.1, 0.15) is 23.0 Å². The second-order valence-electron chi connectivity index (χ2n) is 15.7. The molecule has 0 saturated heterocycles. The number of fused-ring (bicyclic) bond motifs is 11. The normalized spacial score (nSPS) is 12.9. The number of aromatic nitrogens is 2. The van der Waals surface area contributed by atoms with Crippen LogP contribution in [0.2, 0.25) is 0 Å². The lowest BCUT2D eigenvalue weighted by Crippen LogP contribution is -2.60. The maximum absolute atomic E-state index is 7.13. The summed E-state index contributed by atoms with van der Waals surface area (Å²) in [7, 11) is 0. The van der Waals surface area contributed by atoms with E-state index in [4.69, 9.17) is 14.5 Å². The number of ether oxygens (including phenoxy) is 2. The SMILES string of the molecule is c1ccc(-c2ccccc2B2c3ccccc3Oc3ccc4c(c32)Oc2ccccc2B4c2ccc3c(c2)c2ccccc2n3-c2nccc3c2sc2ccccc23)cc1. The van der Waals surface area contributed by atoms with Gasteiger partial charge in [0.2, 0.25) is 0 Å². The van der Waals surface area contributed by atoms with Gasteiger partial charge in [-0.2, -0.15) is 0 Å². The van der Waals surface area contributed by atoms with Gasteiger partial charge >= 0.3 is 0 Å². The predicted octanol–water partition coefficient (Wildman–Crippen LogP) is 9.46. The Morgan fingerprint density at radius 2 is 1.15 bits per heavy atom. The molecule has 278 valence electrons.